The summed E-state index contributed by atoms with van der Waals surface area (Å²) in [6.45, 7) is 11.1. The third kappa shape index (κ3) is 2.54. The molecule has 96 valence electrons. The van der Waals surface area contributed by atoms with Crippen molar-refractivity contribution in [2.24, 2.45) is 18.4 Å². The quantitative estimate of drug-likeness (QED) is 0.799. The maximum atomic E-state index is 4.64. The molecule has 0 radical (unpaired) electrons. The maximum absolute atomic E-state index is 4.64. The number of aryl methyl sites for hydroxylation is 1. The predicted molar refractivity (Wildman–Crippen MR) is 70.9 cm³/mol. The molecular formula is C14H25N3. The smallest absolute Gasteiger partial charge is 0.123 e. The van der Waals surface area contributed by atoms with Gasteiger partial charge in [-0.3, -0.25) is 4.90 Å². The summed E-state index contributed by atoms with van der Waals surface area (Å²) in [4.78, 5) is 7.04. The van der Waals surface area contributed by atoms with Crippen LogP contribution in [0.5, 0.6) is 0 Å². The minimum Gasteiger partial charge on any atom is -0.334 e. The van der Waals surface area contributed by atoms with Crippen LogP contribution in [0.25, 0.3) is 0 Å². The van der Waals surface area contributed by atoms with E-state index in [0.717, 1.165) is 18.2 Å². The number of aromatic nitrogens is 2. The van der Waals surface area contributed by atoms with Crippen molar-refractivity contribution in [3.8, 4) is 0 Å². The largest absolute Gasteiger partial charge is 0.334 e. The van der Waals surface area contributed by atoms with Gasteiger partial charge in [0.1, 0.15) is 5.82 Å². The van der Waals surface area contributed by atoms with E-state index in [1.54, 1.807) is 0 Å². The molecule has 1 aromatic heterocycles. The lowest BCUT2D eigenvalue weighted by molar-refractivity contribution is 0.285. The van der Waals surface area contributed by atoms with Crippen LogP contribution < -0.4 is 0 Å². The fraction of sp³-hybridized carbons (Fsp3) is 0.786. The number of imidazole rings is 1. The summed E-state index contributed by atoms with van der Waals surface area (Å²) in [7, 11) is 4.31. The molecule has 1 fully saturated rings. The molecular weight excluding hydrogens is 210 g/mol. The van der Waals surface area contributed by atoms with Gasteiger partial charge in [-0.1, -0.05) is 13.8 Å². The van der Waals surface area contributed by atoms with Gasteiger partial charge >= 0.3 is 0 Å². The van der Waals surface area contributed by atoms with Crippen molar-refractivity contribution in [2.45, 2.75) is 40.7 Å². The molecule has 1 heterocycles. The Balaban J connectivity index is 1.94. The second-order valence-corrected chi connectivity index (χ2v) is 6.34. The number of hydrogen-bond donors (Lipinski definition) is 0. The topological polar surface area (TPSA) is 21.1 Å². The normalized spacial score (nSPS) is 22.2. The average Bonchev–Trinajstić information content (AvgIpc) is 2.74. The molecule has 17 heavy (non-hydrogen) atoms. The Morgan fingerprint density at radius 3 is 2.41 bits per heavy atom. The van der Waals surface area contributed by atoms with Gasteiger partial charge in [0.25, 0.3) is 0 Å². The first-order chi connectivity index (χ1) is 7.81. The highest BCUT2D eigenvalue weighted by atomic mass is 15.2. The molecule has 0 amide bonds. The van der Waals surface area contributed by atoms with Gasteiger partial charge in [0.2, 0.25) is 0 Å². The van der Waals surface area contributed by atoms with Gasteiger partial charge in [-0.05, 0) is 38.6 Å². The van der Waals surface area contributed by atoms with Crippen LogP contribution >= 0.6 is 0 Å². The average molecular weight is 235 g/mol. The van der Waals surface area contributed by atoms with Crippen molar-refractivity contribution < 1.29 is 0 Å². The second kappa shape index (κ2) is 4.13. The Labute approximate surface area is 105 Å². The fourth-order valence-corrected chi connectivity index (χ4v) is 2.50. The van der Waals surface area contributed by atoms with Crippen LogP contribution in [-0.2, 0) is 13.6 Å². The lowest BCUT2D eigenvalue weighted by Crippen LogP contribution is -2.23. The molecule has 0 bridgehead atoms. The van der Waals surface area contributed by atoms with Gasteiger partial charge in [-0.2, -0.15) is 0 Å². The van der Waals surface area contributed by atoms with E-state index in [9.17, 15) is 0 Å². The van der Waals surface area contributed by atoms with E-state index in [1.807, 2.05) is 0 Å². The summed E-state index contributed by atoms with van der Waals surface area (Å²) in [5.41, 5.74) is 3.00. The number of hydrogen-bond acceptors (Lipinski definition) is 2. The zero-order valence-corrected chi connectivity index (χ0v) is 12.0. The lowest BCUT2D eigenvalue weighted by atomic mass is 10.1. The molecule has 1 aromatic rings. The van der Waals surface area contributed by atoms with Crippen LogP contribution in [0.3, 0.4) is 0 Å². The molecule has 2 rings (SSSR count). The third-order valence-electron chi connectivity index (χ3n) is 4.37. The van der Waals surface area contributed by atoms with Crippen molar-refractivity contribution in [1.29, 1.82) is 0 Å². The summed E-state index contributed by atoms with van der Waals surface area (Å²) < 4.78 is 2.21. The van der Waals surface area contributed by atoms with E-state index in [-0.39, 0.29) is 0 Å². The Morgan fingerprint density at radius 2 is 2.00 bits per heavy atom. The fourth-order valence-electron chi connectivity index (χ4n) is 2.50. The van der Waals surface area contributed by atoms with E-state index in [2.05, 4.69) is 56.2 Å². The lowest BCUT2D eigenvalue weighted by Gasteiger charge is -2.17. The van der Waals surface area contributed by atoms with E-state index < -0.39 is 0 Å². The maximum Gasteiger partial charge on any atom is 0.123 e. The highest BCUT2D eigenvalue weighted by Gasteiger charge is 2.45. The van der Waals surface area contributed by atoms with Crippen molar-refractivity contribution in [1.82, 2.24) is 14.5 Å². The highest BCUT2D eigenvalue weighted by Crippen LogP contribution is 2.51. The number of nitrogens with zero attached hydrogens (tertiary/aromatic N) is 3. The SMILES string of the molecule is Cc1nc(CN(C)C[C@@H]2CC2(C)C)n(C)c1C. The highest BCUT2D eigenvalue weighted by molar-refractivity contribution is 5.13. The van der Waals surface area contributed by atoms with Crippen molar-refractivity contribution in [3.63, 3.8) is 0 Å². The van der Waals surface area contributed by atoms with Crippen LogP contribution in [0, 0.1) is 25.2 Å². The van der Waals surface area contributed by atoms with E-state index in [4.69, 9.17) is 0 Å². The van der Waals surface area contributed by atoms with Crippen LogP contribution in [-0.4, -0.2) is 28.0 Å². The molecule has 0 aromatic carbocycles. The molecule has 1 saturated carbocycles. The van der Waals surface area contributed by atoms with Crippen molar-refractivity contribution >= 4 is 0 Å². The van der Waals surface area contributed by atoms with Crippen molar-refractivity contribution in [3.05, 3.63) is 17.2 Å². The van der Waals surface area contributed by atoms with Gasteiger partial charge in [-0.25, -0.2) is 4.98 Å². The first kappa shape index (κ1) is 12.6. The molecule has 1 aliphatic rings. The van der Waals surface area contributed by atoms with Crippen LogP contribution in [0.2, 0.25) is 0 Å². The Bertz CT molecular complexity index is 417. The first-order valence-electron chi connectivity index (χ1n) is 6.48. The van der Waals surface area contributed by atoms with E-state index >= 15 is 0 Å². The molecule has 0 spiro atoms. The van der Waals surface area contributed by atoms with Gasteiger partial charge in [0, 0.05) is 19.3 Å². The predicted octanol–water partition coefficient (Wildman–Crippen LogP) is 2.51. The monoisotopic (exact) mass is 235 g/mol. The summed E-state index contributed by atoms with van der Waals surface area (Å²) >= 11 is 0. The Morgan fingerprint density at radius 1 is 1.41 bits per heavy atom. The molecule has 3 nitrogen and oxygen atoms in total. The van der Waals surface area contributed by atoms with Crippen LogP contribution in [0.1, 0.15) is 37.5 Å². The van der Waals surface area contributed by atoms with Crippen LogP contribution in [0.15, 0.2) is 0 Å². The van der Waals surface area contributed by atoms with Gasteiger partial charge < -0.3 is 4.57 Å². The van der Waals surface area contributed by atoms with E-state index in [1.165, 1.54) is 24.5 Å². The molecule has 1 atom stereocenters. The van der Waals surface area contributed by atoms with Crippen molar-refractivity contribution in [2.75, 3.05) is 13.6 Å². The molecule has 0 unspecified atom stereocenters. The van der Waals surface area contributed by atoms with Gasteiger partial charge in [0.15, 0.2) is 0 Å². The molecule has 0 aliphatic heterocycles. The standard InChI is InChI=1S/C14H25N3/c1-10-11(2)17(6)13(15-10)9-16(5)8-12-7-14(12,3)4/h12H,7-9H2,1-6H3/t12-/m0/s1. The Hall–Kier alpha value is -0.830. The first-order valence-corrected chi connectivity index (χ1v) is 6.48. The van der Waals surface area contributed by atoms with E-state index in [0.29, 0.717) is 5.41 Å². The zero-order chi connectivity index (χ0) is 12.8. The minimum absolute atomic E-state index is 0.571. The molecule has 1 aliphatic carbocycles. The molecule has 0 saturated heterocycles. The molecule has 3 heteroatoms. The molecule has 0 N–H and O–H groups in total. The minimum atomic E-state index is 0.571. The summed E-state index contributed by atoms with van der Waals surface area (Å²) in [5.74, 6) is 2.05. The summed E-state index contributed by atoms with van der Waals surface area (Å²) in [6, 6.07) is 0. The van der Waals surface area contributed by atoms with Crippen LogP contribution in [0.4, 0.5) is 0 Å². The summed E-state index contributed by atoms with van der Waals surface area (Å²) in [5, 5.41) is 0. The third-order valence-corrected chi connectivity index (χ3v) is 4.37. The zero-order valence-electron chi connectivity index (χ0n) is 12.0. The van der Waals surface area contributed by atoms with Gasteiger partial charge in [0.05, 0.1) is 12.2 Å². The number of rotatable bonds is 4. The second-order valence-electron chi connectivity index (χ2n) is 6.34. The summed E-state index contributed by atoms with van der Waals surface area (Å²) in [6.07, 6.45) is 1.37. The Kier molecular flexibility index (Phi) is 3.06. The van der Waals surface area contributed by atoms with Gasteiger partial charge in [-0.15, -0.1) is 0 Å².